The lowest BCUT2D eigenvalue weighted by Gasteiger charge is -2.36. The van der Waals surface area contributed by atoms with Crippen LogP contribution in [0.15, 0.2) is 64.3 Å². The molecule has 1 aliphatic rings. The van der Waals surface area contributed by atoms with Crippen LogP contribution in [0.4, 0.5) is 11.4 Å². The van der Waals surface area contributed by atoms with Crippen LogP contribution in [0.2, 0.25) is 0 Å². The summed E-state index contributed by atoms with van der Waals surface area (Å²) in [5.74, 6) is 0.485. The van der Waals surface area contributed by atoms with Gasteiger partial charge < -0.3 is 9.80 Å². The normalized spacial score (nSPS) is 14.0. The van der Waals surface area contributed by atoms with Gasteiger partial charge in [0.2, 0.25) is 5.91 Å². The first-order chi connectivity index (χ1) is 14.6. The standard InChI is InChI=1S/C21H20N4O3S2/c26-20(15-30-21-22-19(14-29-21)16-4-2-1-3-5-16)24-12-10-23(11-13-24)17-6-8-18(9-7-17)25(27)28/h1-9,14H,10-13,15H2. The third kappa shape index (κ3) is 4.80. The van der Waals surface area contributed by atoms with Crippen LogP contribution in [-0.2, 0) is 4.79 Å². The number of hydrogen-bond acceptors (Lipinski definition) is 7. The number of thioether (sulfide) groups is 1. The minimum atomic E-state index is -0.399. The fraction of sp³-hybridized carbons (Fsp3) is 0.238. The van der Waals surface area contributed by atoms with E-state index in [0.717, 1.165) is 21.3 Å². The Bertz CT molecular complexity index is 1020. The Labute approximate surface area is 182 Å². The average Bonchev–Trinajstić information content (AvgIpc) is 3.27. The number of non-ortho nitro benzene ring substituents is 1. The first-order valence-electron chi connectivity index (χ1n) is 9.51. The van der Waals surface area contributed by atoms with E-state index in [0.29, 0.717) is 31.9 Å². The number of nitro benzene ring substituents is 1. The average molecular weight is 441 g/mol. The minimum Gasteiger partial charge on any atom is -0.368 e. The molecule has 0 saturated carbocycles. The third-order valence-electron chi connectivity index (χ3n) is 4.93. The number of nitro groups is 1. The zero-order chi connectivity index (χ0) is 20.9. The number of nitrogens with zero attached hydrogens (tertiary/aromatic N) is 4. The molecule has 9 heteroatoms. The summed E-state index contributed by atoms with van der Waals surface area (Å²) in [4.78, 5) is 31.6. The number of carbonyl (C=O) groups is 1. The summed E-state index contributed by atoms with van der Waals surface area (Å²) in [6, 6.07) is 16.6. The van der Waals surface area contributed by atoms with Crippen LogP contribution < -0.4 is 4.90 Å². The monoisotopic (exact) mass is 440 g/mol. The van der Waals surface area contributed by atoms with Gasteiger partial charge in [-0.25, -0.2) is 4.98 Å². The largest absolute Gasteiger partial charge is 0.368 e. The highest BCUT2D eigenvalue weighted by atomic mass is 32.2. The van der Waals surface area contributed by atoms with Crippen LogP contribution in [0, 0.1) is 10.1 Å². The van der Waals surface area contributed by atoms with Crippen molar-refractivity contribution in [2.24, 2.45) is 0 Å². The highest BCUT2D eigenvalue weighted by molar-refractivity contribution is 8.01. The van der Waals surface area contributed by atoms with Gasteiger partial charge in [-0.2, -0.15) is 0 Å². The van der Waals surface area contributed by atoms with Gasteiger partial charge in [0.05, 0.1) is 16.4 Å². The molecule has 0 bridgehead atoms. The number of carbonyl (C=O) groups excluding carboxylic acids is 1. The molecule has 0 N–H and O–H groups in total. The van der Waals surface area contributed by atoms with Gasteiger partial charge in [0.1, 0.15) is 0 Å². The van der Waals surface area contributed by atoms with E-state index in [1.165, 1.54) is 23.9 Å². The number of piperazine rings is 1. The van der Waals surface area contributed by atoms with E-state index in [-0.39, 0.29) is 11.6 Å². The zero-order valence-corrected chi connectivity index (χ0v) is 17.8. The van der Waals surface area contributed by atoms with Crippen molar-refractivity contribution in [3.8, 4) is 11.3 Å². The predicted octanol–water partition coefficient (Wildman–Crippen LogP) is 4.16. The SMILES string of the molecule is O=C(CSc1nc(-c2ccccc2)cs1)N1CCN(c2ccc([N+](=O)[O-])cc2)CC1. The second-order valence-electron chi connectivity index (χ2n) is 6.79. The molecular weight excluding hydrogens is 420 g/mol. The number of anilines is 1. The number of amides is 1. The van der Waals surface area contributed by atoms with Gasteiger partial charge in [-0.1, -0.05) is 42.1 Å². The van der Waals surface area contributed by atoms with Crippen molar-refractivity contribution in [1.29, 1.82) is 0 Å². The van der Waals surface area contributed by atoms with Crippen molar-refractivity contribution in [2.75, 3.05) is 36.8 Å². The lowest BCUT2D eigenvalue weighted by Crippen LogP contribution is -2.49. The Kier molecular flexibility index (Phi) is 6.29. The van der Waals surface area contributed by atoms with Crippen LogP contribution in [-0.4, -0.2) is 52.6 Å². The molecule has 0 spiro atoms. The molecule has 7 nitrogen and oxygen atoms in total. The van der Waals surface area contributed by atoms with Crippen LogP contribution in [0.5, 0.6) is 0 Å². The molecule has 154 valence electrons. The summed E-state index contributed by atoms with van der Waals surface area (Å²) in [6.07, 6.45) is 0. The van der Waals surface area contributed by atoms with Gasteiger partial charge in [0.25, 0.3) is 5.69 Å². The Morgan fingerprint density at radius 3 is 2.43 bits per heavy atom. The molecule has 0 radical (unpaired) electrons. The summed E-state index contributed by atoms with van der Waals surface area (Å²) < 4.78 is 0.895. The molecule has 4 rings (SSSR count). The maximum Gasteiger partial charge on any atom is 0.269 e. The summed E-state index contributed by atoms with van der Waals surface area (Å²) in [6.45, 7) is 2.71. The van der Waals surface area contributed by atoms with Gasteiger partial charge in [0.15, 0.2) is 4.34 Å². The maximum atomic E-state index is 12.6. The van der Waals surface area contributed by atoms with Crippen molar-refractivity contribution in [1.82, 2.24) is 9.88 Å². The van der Waals surface area contributed by atoms with Gasteiger partial charge in [-0.05, 0) is 12.1 Å². The molecule has 30 heavy (non-hydrogen) atoms. The van der Waals surface area contributed by atoms with E-state index in [2.05, 4.69) is 9.88 Å². The first-order valence-corrected chi connectivity index (χ1v) is 11.4. The van der Waals surface area contributed by atoms with Gasteiger partial charge in [-0.3, -0.25) is 14.9 Å². The summed E-state index contributed by atoms with van der Waals surface area (Å²) in [5.41, 5.74) is 3.04. The third-order valence-corrected chi connectivity index (χ3v) is 6.94. The number of rotatable bonds is 6. The Morgan fingerprint density at radius 2 is 1.77 bits per heavy atom. The predicted molar refractivity (Wildman–Crippen MR) is 120 cm³/mol. The molecule has 1 saturated heterocycles. The summed E-state index contributed by atoms with van der Waals surface area (Å²) in [5, 5.41) is 12.8. The van der Waals surface area contributed by atoms with Crippen LogP contribution in [0.1, 0.15) is 0 Å². The molecule has 2 heterocycles. The molecular formula is C21H20N4O3S2. The molecule has 1 aliphatic heterocycles. The van der Waals surface area contributed by atoms with E-state index >= 15 is 0 Å². The van der Waals surface area contributed by atoms with E-state index in [1.807, 2.05) is 40.6 Å². The minimum absolute atomic E-state index is 0.0854. The molecule has 1 fully saturated rings. The van der Waals surface area contributed by atoms with Gasteiger partial charge in [-0.15, -0.1) is 11.3 Å². The number of thiazole rings is 1. The molecule has 0 unspecified atom stereocenters. The number of benzene rings is 2. The van der Waals surface area contributed by atoms with Crippen molar-refractivity contribution in [3.63, 3.8) is 0 Å². The maximum absolute atomic E-state index is 12.6. The molecule has 0 atom stereocenters. The van der Waals surface area contributed by atoms with Crippen molar-refractivity contribution in [2.45, 2.75) is 4.34 Å². The zero-order valence-electron chi connectivity index (χ0n) is 16.1. The van der Waals surface area contributed by atoms with Crippen LogP contribution >= 0.6 is 23.1 Å². The quantitative estimate of drug-likeness (QED) is 0.325. The van der Waals surface area contributed by atoms with Crippen molar-refractivity contribution in [3.05, 3.63) is 70.1 Å². The first kappa shape index (κ1) is 20.4. The Balaban J connectivity index is 1.26. The highest BCUT2D eigenvalue weighted by Crippen LogP contribution is 2.28. The highest BCUT2D eigenvalue weighted by Gasteiger charge is 2.22. The molecule has 3 aromatic rings. The smallest absolute Gasteiger partial charge is 0.269 e. The number of hydrogen-bond donors (Lipinski definition) is 0. The fourth-order valence-corrected chi connectivity index (χ4v) is 5.02. The Morgan fingerprint density at radius 1 is 1.07 bits per heavy atom. The Hall–Kier alpha value is -2.91. The number of aromatic nitrogens is 1. The van der Waals surface area contributed by atoms with E-state index in [1.54, 1.807) is 23.5 Å². The van der Waals surface area contributed by atoms with Crippen molar-refractivity contribution < 1.29 is 9.72 Å². The van der Waals surface area contributed by atoms with E-state index < -0.39 is 4.92 Å². The molecule has 0 aliphatic carbocycles. The van der Waals surface area contributed by atoms with Gasteiger partial charge >= 0.3 is 0 Å². The van der Waals surface area contributed by atoms with E-state index in [4.69, 9.17) is 0 Å². The lowest BCUT2D eigenvalue weighted by atomic mass is 10.2. The topological polar surface area (TPSA) is 79.6 Å². The summed E-state index contributed by atoms with van der Waals surface area (Å²) in [7, 11) is 0. The van der Waals surface area contributed by atoms with Crippen LogP contribution in [0.25, 0.3) is 11.3 Å². The van der Waals surface area contributed by atoms with Crippen molar-refractivity contribution >= 4 is 40.4 Å². The molecule has 1 aromatic heterocycles. The van der Waals surface area contributed by atoms with Gasteiger partial charge in [0, 0.05) is 54.9 Å². The van der Waals surface area contributed by atoms with E-state index in [9.17, 15) is 14.9 Å². The molecule has 1 amide bonds. The van der Waals surface area contributed by atoms with Crippen LogP contribution in [0.3, 0.4) is 0 Å². The molecule has 2 aromatic carbocycles. The lowest BCUT2D eigenvalue weighted by molar-refractivity contribution is -0.384. The second kappa shape index (κ2) is 9.27. The second-order valence-corrected chi connectivity index (χ2v) is 8.88. The fourth-order valence-electron chi connectivity index (χ4n) is 3.28. The summed E-state index contributed by atoms with van der Waals surface area (Å²) >= 11 is 3.04.